The molecule has 1 amide bonds. The zero-order valence-electron chi connectivity index (χ0n) is 12.3. The standard InChI is InChI=1S/C17H20N2O2/c1-11-8-12(2)15(18)9-14(11)17(21)19-16(10-20)13-6-4-3-5-7-13/h3-9,16,20H,10,18H2,1-2H3,(H,19,21). The monoisotopic (exact) mass is 284 g/mol. The van der Waals surface area contributed by atoms with Crippen LogP contribution >= 0.6 is 0 Å². The van der Waals surface area contributed by atoms with E-state index in [0.29, 0.717) is 11.3 Å². The molecule has 0 bridgehead atoms. The minimum Gasteiger partial charge on any atom is -0.398 e. The Kier molecular flexibility index (Phi) is 4.60. The zero-order chi connectivity index (χ0) is 15.4. The number of hydrogen-bond donors (Lipinski definition) is 3. The van der Waals surface area contributed by atoms with Crippen LogP contribution in [0.15, 0.2) is 42.5 Å². The van der Waals surface area contributed by atoms with E-state index in [-0.39, 0.29) is 12.5 Å². The van der Waals surface area contributed by atoms with Crippen molar-refractivity contribution in [2.45, 2.75) is 19.9 Å². The number of amides is 1. The number of aryl methyl sites for hydroxylation is 2. The SMILES string of the molecule is Cc1cc(C)c(C(=O)NC(CO)c2ccccc2)cc1N. The van der Waals surface area contributed by atoms with Gasteiger partial charge in [-0.1, -0.05) is 36.4 Å². The number of anilines is 1. The Labute approximate surface area is 124 Å². The number of benzene rings is 2. The van der Waals surface area contributed by atoms with Gasteiger partial charge in [0.1, 0.15) is 0 Å². The van der Waals surface area contributed by atoms with Gasteiger partial charge >= 0.3 is 0 Å². The smallest absolute Gasteiger partial charge is 0.252 e. The first-order chi connectivity index (χ1) is 10.0. The number of nitrogen functional groups attached to an aromatic ring is 1. The average molecular weight is 284 g/mol. The lowest BCUT2D eigenvalue weighted by Crippen LogP contribution is -2.31. The predicted octanol–water partition coefficient (Wildman–Crippen LogP) is 2.35. The van der Waals surface area contributed by atoms with Gasteiger partial charge in [-0.25, -0.2) is 0 Å². The molecule has 110 valence electrons. The third kappa shape index (κ3) is 3.41. The molecule has 0 saturated heterocycles. The Morgan fingerprint density at radius 3 is 2.48 bits per heavy atom. The van der Waals surface area contributed by atoms with Crippen molar-refractivity contribution in [3.8, 4) is 0 Å². The first-order valence-electron chi connectivity index (χ1n) is 6.86. The number of nitrogens with one attached hydrogen (secondary N) is 1. The molecule has 4 heteroatoms. The molecule has 4 N–H and O–H groups in total. The quantitative estimate of drug-likeness (QED) is 0.754. The van der Waals surface area contributed by atoms with Gasteiger partial charge in [0, 0.05) is 11.3 Å². The van der Waals surface area contributed by atoms with Crippen molar-refractivity contribution < 1.29 is 9.90 Å². The lowest BCUT2D eigenvalue weighted by molar-refractivity contribution is 0.0915. The maximum absolute atomic E-state index is 12.4. The second kappa shape index (κ2) is 6.41. The third-order valence-corrected chi connectivity index (χ3v) is 3.55. The molecule has 2 rings (SSSR count). The number of aliphatic hydroxyl groups is 1. The normalized spacial score (nSPS) is 12.0. The van der Waals surface area contributed by atoms with Crippen molar-refractivity contribution in [2.24, 2.45) is 0 Å². The average Bonchev–Trinajstić information content (AvgIpc) is 2.49. The van der Waals surface area contributed by atoms with E-state index in [2.05, 4.69) is 5.32 Å². The fourth-order valence-electron chi connectivity index (χ4n) is 2.27. The van der Waals surface area contributed by atoms with E-state index in [1.165, 1.54) is 0 Å². The third-order valence-electron chi connectivity index (χ3n) is 3.55. The van der Waals surface area contributed by atoms with Crippen LogP contribution in [0.1, 0.15) is 33.1 Å². The molecule has 0 spiro atoms. The topological polar surface area (TPSA) is 75.3 Å². The molecule has 0 fully saturated rings. The number of rotatable bonds is 4. The number of carbonyl (C=O) groups excluding carboxylic acids is 1. The summed E-state index contributed by atoms with van der Waals surface area (Å²) in [5.74, 6) is -0.234. The molecule has 1 atom stereocenters. The fourth-order valence-corrected chi connectivity index (χ4v) is 2.27. The molecule has 0 aliphatic rings. The largest absolute Gasteiger partial charge is 0.398 e. The Hall–Kier alpha value is -2.33. The molecule has 0 aromatic heterocycles. The van der Waals surface area contributed by atoms with Gasteiger partial charge in [-0.2, -0.15) is 0 Å². The Morgan fingerprint density at radius 1 is 1.19 bits per heavy atom. The van der Waals surface area contributed by atoms with E-state index in [0.717, 1.165) is 16.7 Å². The van der Waals surface area contributed by atoms with Crippen molar-refractivity contribution in [3.63, 3.8) is 0 Å². The first kappa shape index (κ1) is 15.1. The summed E-state index contributed by atoms with van der Waals surface area (Å²) in [7, 11) is 0. The van der Waals surface area contributed by atoms with Crippen LogP contribution in [-0.2, 0) is 0 Å². The van der Waals surface area contributed by atoms with Crippen LogP contribution in [0.2, 0.25) is 0 Å². The molecule has 0 aliphatic heterocycles. The molecular formula is C17H20N2O2. The van der Waals surface area contributed by atoms with Gasteiger partial charge in [0.2, 0.25) is 0 Å². The molecule has 0 saturated carbocycles. The summed E-state index contributed by atoms with van der Waals surface area (Å²) in [6.45, 7) is 3.62. The highest BCUT2D eigenvalue weighted by Crippen LogP contribution is 2.19. The minimum atomic E-state index is -0.430. The van der Waals surface area contributed by atoms with Gasteiger partial charge in [-0.15, -0.1) is 0 Å². The summed E-state index contributed by atoms with van der Waals surface area (Å²) in [5, 5.41) is 12.3. The molecular weight excluding hydrogens is 264 g/mol. The van der Waals surface area contributed by atoms with E-state index >= 15 is 0 Å². The van der Waals surface area contributed by atoms with Crippen molar-refractivity contribution in [3.05, 3.63) is 64.7 Å². The molecule has 4 nitrogen and oxygen atoms in total. The maximum Gasteiger partial charge on any atom is 0.252 e. The van der Waals surface area contributed by atoms with Crippen molar-refractivity contribution in [1.29, 1.82) is 0 Å². The van der Waals surface area contributed by atoms with Crippen LogP contribution in [-0.4, -0.2) is 17.6 Å². The maximum atomic E-state index is 12.4. The van der Waals surface area contributed by atoms with Gasteiger partial charge in [-0.3, -0.25) is 4.79 Å². The Bertz CT molecular complexity index is 639. The summed E-state index contributed by atoms with van der Waals surface area (Å²) in [5.41, 5.74) is 9.68. The highest BCUT2D eigenvalue weighted by atomic mass is 16.3. The lowest BCUT2D eigenvalue weighted by atomic mass is 10.0. The highest BCUT2D eigenvalue weighted by Gasteiger charge is 2.17. The van der Waals surface area contributed by atoms with Crippen LogP contribution in [0.25, 0.3) is 0 Å². The van der Waals surface area contributed by atoms with E-state index in [1.807, 2.05) is 50.2 Å². The fraction of sp³-hybridized carbons (Fsp3) is 0.235. The molecule has 0 radical (unpaired) electrons. The highest BCUT2D eigenvalue weighted by molar-refractivity contribution is 5.97. The summed E-state index contributed by atoms with van der Waals surface area (Å²) >= 11 is 0. The zero-order valence-corrected chi connectivity index (χ0v) is 12.3. The second-order valence-corrected chi connectivity index (χ2v) is 5.14. The van der Waals surface area contributed by atoms with Gasteiger partial charge in [0.15, 0.2) is 0 Å². The first-order valence-corrected chi connectivity index (χ1v) is 6.86. The molecule has 0 aliphatic carbocycles. The number of hydrogen-bond acceptors (Lipinski definition) is 3. The van der Waals surface area contributed by atoms with Gasteiger partial charge in [-0.05, 0) is 36.6 Å². The molecule has 1 unspecified atom stereocenters. The van der Waals surface area contributed by atoms with E-state index in [1.54, 1.807) is 6.07 Å². The van der Waals surface area contributed by atoms with E-state index in [9.17, 15) is 9.90 Å². The van der Waals surface area contributed by atoms with Crippen molar-refractivity contribution >= 4 is 11.6 Å². The summed E-state index contributed by atoms with van der Waals surface area (Å²) in [6, 6.07) is 12.5. The van der Waals surface area contributed by atoms with Gasteiger partial charge in [0.25, 0.3) is 5.91 Å². The molecule has 2 aromatic rings. The van der Waals surface area contributed by atoms with Crippen LogP contribution in [0.4, 0.5) is 5.69 Å². The van der Waals surface area contributed by atoms with Crippen LogP contribution in [0.3, 0.4) is 0 Å². The summed E-state index contributed by atoms with van der Waals surface area (Å²) in [6.07, 6.45) is 0. The molecule has 0 heterocycles. The summed E-state index contributed by atoms with van der Waals surface area (Å²) in [4.78, 5) is 12.4. The lowest BCUT2D eigenvalue weighted by Gasteiger charge is -2.18. The van der Waals surface area contributed by atoms with E-state index < -0.39 is 6.04 Å². The van der Waals surface area contributed by atoms with Crippen molar-refractivity contribution in [1.82, 2.24) is 5.32 Å². The van der Waals surface area contributed by atoms with Crippen molar-refractivity contribution in [2.75, 3.05) is 12.3 Å². The number of nitrogens with two attached hydrogens (primary N) is 1. The van der Waals surface area contributed by atoms with Crippen LogP contribution in [0.5, 0.6) is 0 Å². The molecule has 21 heavy (non-hydrogen) atoms. The molecule has 2 aromatic carbocycles. The predicted molar refractivity (Wildman–Crippen MR) is 84.1 cm³/mol. The van der Waals surface area contributed by atoms with Gasteiger partial charge in [0.05, 0.1) is 12.6 Å². The number of carbonyl (C=O) groups is 1. The van der Waals surface area contributed by atoms with E-state index in [4.69, 9.17) is 5.73 Å². The number of aliphatic hydroxyl groups excluding tert-OH is 1. The van der Waals surface area contributed by atoms with Crippen LogP contribution < -0.4 is 11.1 Å². The second-order valence-electron chi connectivity index (χ2n) is 5.14. The summed E-state index contributed by atoms with van der Waals surface area (Å²) < 4.78 is 0. The Morgan fingerprint density at radius 2 is 1.86 bits per heavy atom. The minimum absolute atomic E-state index is 0.157. The van der Waals surface area contributed by atoms with Crippen LogP contribution in [0, 0.1) is 13.8 Å². The van der Waals surface area contributed by atoms with Gasteiger partial charge < -0.3 is 16.2 Å². The Balaban J connectivity index is 2.23.